The predicted octanol–water partition coefficient (Wildman–Crippen LogP) is 1.98. The van der Waals surface area contributed by atoms with E-state index in [2.05, 4.69) is 10.5 Å². The lowest BCUT2D eigenvalue weighted by Crippen LogP contribution is -2.40. The average molecular weight is 337 g/mol. The van der Waals surface area contributed by atoms with Crippen LogP contribution in [-0.4, -0.2) is 48.2 Å². The second-order valence-electron chi connectivity index (χ2n) is 6.68. The second kappa shape index (κ2) is 8.82. The van der Waals surface area contributed by atoms with Crippen LogP contribution in [0.4, 0.5) is 0 Å². The van der Waals surface area contributed by atoms with E-state index in [1.807, 2.05) is 13.8 Å². The van der Waals surface area contributed by atoms with Gasteiger partial charge in [-0.3, -0.25) is 9.59 Å². The van der Waals surface area contributed by atoms with Crippen molar-refractivity contribution in [3.8, 4) is 0 Å². The van der Waals surface area contributed by atoms with E-state index < -0.39 is 0 Å². The Morgan fingerprint density at radius 2 is 2.12 bits per heavy atom. The van der Waals surface area contributed by atoms with Crippen LogP contribution < -0.4 is 5.32 Å². The Kier molecular flexibility index (Phi) is 6.78. The topological polar surface area (TPSA) is 84.7 Å². The minimum Gasteiger partial charge on any atom is -0.375 e. The van der Waals surface area contributed by atoms with Crippen molar-refractivity contribution in [2.75, 3.05) is 20.3 Å². The third-order valence-electron chi connectivity index (χ3n) is 4.14. The largest absolute Gasteiger partial charge is 0.375 e. The van der Waals surface area contributed by atoms with Crippen LogP contribution in [0.25, 0.3) is 0 Å². The molecule has 1 fully saturated rings. The van der Waals surface area contributed by atoms with Gasteiger partial charge in [0, 0.05) is 25.8 Å². The summed E-state index contributed by atoms with van der Waals surface area (Å²) in [5.74, 6) is 0.562. The number of aromatic nitrogens is 1. The molecule has 2 amide bonds. The van der Waals surface area contributed by atoms with Crippen molar-refractivity contribution in [2.45, 2.75) is 52.1 Å². The first-order chi connectivity index (χ1) is 11.5. The monoisotopic (exact) mass is 337 g/mol. The first-order valence-corrected chi connectivity index (χ1v) is 8.53. The molecule has 0 bridgehead atoms. The number of carbonyl (C=O) groups is 2. The molecule has 7 nitrogen and oxygen atoms in total. The minimum atomic E-state index is -0.255. The lowest BCUT2D eigenvalue weighted by atomic mass is 10.2. The summed E-state index contributed by atoms with van der Waals surface area (Å²) in [6.07, 6.45) is 4.23. The Morgan fingerprint density at radius 1 is 1.42 bits per heavy atom. The summed E-state index contributed by atoms with van der Waals surface area (Å²) in [5.41, 5.74) is 0.246. The van der Waals surface area contributed by atoms with E-state index in [0.29, 0.717) is 24.8 Å². The molecule has 0 saturated heterocycles. The highest BCUT2D eigenvalue weighted by Gasteiger charge is 2.28. The zero-order valence-corrected chi connectivity index (χ0v) is 14.7. The average Bonchev–Trinajstić information content (AvgIpc) is 3.21. The molecule has 7 heteroatoms. The lowest BCUT2D eigenvalue weighted by Gasteiger charge is -2.27. The van der Waals surface area contributed by atoms with E-state index in [4.69, 9.17) is 9.26 Å². The highest BCUT2D eigenvalue weighted by molar-refractivity contribution is 5.92. The first-order valence-electron chi connectivity index (χ1n) is 8.53. The Labute approximate surface area is 142 Å². The van der Waals surface area contributed by atoms with Crippen molar-refractivity contribution >= 4 is 11.8 Å². The Hall–Kier alpha value is -1.89. The van der Waals surface area contributed by atoms with Crippen LogP contribution >= 0.6 is 0 Å². The van der Waals surface area contributed by atoms with E-state index in [-0.39, 0.29) is 30.2 Å². The van der Waals surface area contributed by atoms with Gasteiger partial charge in [0.15, 0.2) is 11.5 Å². The number of hydrogen-bond acceptors (Lipinski definition) is 5. The molecule has 0 aromatic carbocycles. The van der Waals surface area contributed by atoms with Crippen molar-refractivity contribution in [2.24, 2.45) is 5.92 Å². The summed E-state index contributed by atoms with van der Waals surface area (Å²) in [6, 6.07) is 1.81. The van der Waals surface area contributed by atoms with Crippen LogP contribution in [0, 0.1) is 5.92 Å². The molecule has 1 aliphatic carbocycles. The van der Waals surface area contributed by atoms with Crippen molar-refractivity contribution in [1.29, 1.82) is 0 Å². The zero-order chi connectivity index (χ0) is 17.5. The summed E-state index contributed by atoms with van der Waals surface area (Å²) in [7, 11) is 1.51. The van der Waals surface area contributed by atoms with Gasteiger partial charge in [-0.05, 0) is 18.8 Å². The number of rotatable bonds is 8. The number of amides is 2. The maximum atomic E-state index is 12.3. The molecular weight excluding hydrogens is 310 g/mol. The zero-order valence-electron chi connectivity index (χ0n) is 14.7. The molecule has 0 unspecified atom stereocenters. The Bertz CT molecular complexity index is 550. The van der Waals surface area contributed by atoms with Gasteiger partial charge in [0.1, 0.15) is 6.61 Å². The van der Waals surface area contributed by atoms with Crippen LogP contribution in [0.15, 0.2) is 10.6 Å². The van der Waals surface area contributed by atoms with Crippen LogP contribution in [0.1, 0.15) is 55.8 Å². The van der Waals surface area contributed by atoms with E-state index in [1.54, 1.807) is 11.0 Å². The van der Waals surface area contributed by atoms with Gasteiger partial charge in [0.2, 0.25) is 5.91 Å². The second-order valence-corrected chi connectivity index (χ2v) is 6.68. The van der Waals surface area contributed by atoms with E-state index in [1.165, 1.54) is 7.11 Å². The van der Waals surface area contributed by atoms with Crippen LogP contribution in [0.5, 0.6) is 0 Å². The number of carbonyl (C=O) groups excluding carboxylic acids is 2. The molecule has 0 atom stereocenters. The molecule has 1 saturated carbocycles. The molecule has 134 valence electrons. The third kappa shape index (κ3) is 5.06. The quantitative estimate of drug-likeness (QED) is 0.784. The minimum absolute atomic E-state index is 0.0480. The molecule has 0 aliphatic heterocycles. The van der Waals surface area contributed by atoms with Gasteiger partial charge >= 0.3 is 0 Å². The molecule has 24 heavy (non-hydrogen) atoms. The molecule has 1 aliphatic rings. The molecule has 2 rings (SSSR count). The third-order valence-corrected chi connectivity index (χ3v) is 4.14. The lowest BCUT2D eigenvalue weighted by molar-refractivity contribution is -0.138. The van der Waals surface area contributed by atoms with Crippen molar-refractivity contribution in [1.82, 2.24) is 15.4 Å². The van der Waals surface area contributed by atoms with Crippen molar-refractivity contribution in [3.63, 3.8) is 0 Å². The van der Waals surface area contributed by atoms with E-state index in [0.717, 1.165) is 25.7 Å². The molecule has 1 aromatic rings. The fraction of sp³-hybridized carbons (Fsp3) is 0.706. The standard InChI is InChI=1S/C17H27N3O4/c1-12(2)9-18-17(22)15-8-14(24-19-15)10-20(16(21)11-23-3)13-6-4-5-7-13/h8,12-13H,4-7,9-11H2,1-3H3,(H,18,22). The van der Waals surface area contributed by atoms with Gasteiger partial charge < -0.3 is 19.5 Å². The predicted molar refractivity (Wildman–Crippen MR) is 88.4 cm³/mol. The maximum Gasteiger partial charge on any atom is 0.273 e. The van der Waals surface area contributed by atoms with Gasteiger partial charge in [0.05, 0.1) is 6.54 Å². The number of ether oxygens (including phenoxy) is 1. The van der Waals surface area contributed by atoms with Crippen molar-refractivity contribution in [3.05, 3.63) is 17.5 Å². The molecule has 1 aromatic heterocycles. The molecular formula is C17H27N3O4. The normalized spacial score (nSPS) is 15.0. The van der Waals surface area contributed by atoms with Crippen LogP contribution in [-0.2, 0) is 16.1 Å². The van der Waals surface area contributed by atoms with Gasteiger partial charge in [-0.1, -0.05) is 31.8 Å². The Morgan fingerprint density at radius 3 is 2.75 bits per heavy atom. The summed E-state index contributed by atoms with van der Waals surface area (Å²) in [4.78, 5) is 26.1. The number of hydrogen-bond donors (Lipinski definition) is 1. The molecule has 1 heterocycles. The fourth-order valence-corrected chi connectivity index (χ4v) is 2.89. The van der Waals surface area contributed by atoms with Gasteiger partial charge in [-0.25, -0.2) is 0 Å². The van der Waals surface area contributed by atoms with E-state index in [9.17, 15) is 9.59 Å². The SMILES string of the molecule is COCC(=O)N(Cc1cc(C(=O)NCC(C)C)no1)C1CCCC1. The van der Waals surface area contributed by atoms with Gasteiger partial charge in [0.25, 0.3) is 5.91 Å². The van der Waals surface area contributed by atoms with Crippen LogP contribution in [0.2, 0.25) is 0 Å². The van der Waals surface area contributed by atoms with Crippen molar-refractivity contribution < 1.29 is 18.8 Å². The van der Waals surface area contributed by atoms with Gasteiger partial charge in [-0.15, -0.1) is 0 Å². The first kappa shape index (κ1) is 18.4. The van der Waals surface area contributed by atoms with Crippen LogP contribution in [0.3, 0.4) is 0 Å². The Balaban J connectivity index is 2.01. The summed E-state index contributed by atoms with van der Waals surface area (Å²) >= 11 is 0. The number of methoxy groups -OCH3 is 1. The smallest absolute Gasteiger partial charge is 0.273 e. The highest BCUT2D eigenvalue weighted by Crippen LogP contribution is 2.25. The number of nitrogens with zero attached hydrogens (tertiary/aromatic N) is 2. The summed E-state index contributed by atoms with van der Waals surface area (Å²) in [5, 5.41) is 6.62. The molecule has 0 spiro atoms. The molecule has 0 radical (unpaired) electrons. The molecule has 1 N–H and O–H groups in total. The fourth-order valence-electron chi connectivity index (χ4n) is 2.89. The van der Waals surface area contributed by atoms with E-state index >= 15 is 0 Å². The summed E-state index contributed by atoms with van der Waals surface area (Å²) < 4.78 is 10.2. The van der Waals surface area contributed by atoms with Gasteiger partial charge in [-0.2, -0.15) is 0 Å². The summed E-state index contributed by atoms with van der Waals surface area (Å²) in [6.45, 7) is 5.00. The number of nitrogens with one attached hydrogen (secondary N) is 1. The maximum absolute atomic E-state index is 12.3. The highest BCUT2D eigenvalue weighted by atomic mass is 16.5.